The van der Waals surface area contributed by atoms with E-state index >= 15 is 0 Å². The van der Waals surface area contributed by atoms with E-state index in [-0.39, 0.29) is 5.75 Å². The first-order valence-electron chi connectivity index (χ1n) is 6.44. The van der Waals surface area contributed by atoms with Gasteiger partial charge in [0.15, 0.2) is 0 Å². The van der Waals surface area contributed by atoms with Crippen LogP contribution in [0.5, 0.6) is 0 Å². The Bertz CT molecular complexity index is 708. The number of allylic oxidation sites excluding steroid dienone is 1. The standard InChI is InChI=1S/C16H16N2O2S/c19-21(20,14-16-10-5-2-6-11-16)18-17-13-7-12-15-8-3-1-4-9-15/h1-13,18H,14H2. The van der Waals surface area contributed by atoms with Gasteiger partial charge in [-0.1, -0.05) is 66.7 Å². The third-order valence-corrected chi connectivity index (χ3v) is 3.74. The molecular weight excluding hydrogens is 284 g/mol. The van der Waals surface area contributed by atoms with E-state index in [1.54, 1.807) is 30.3 Å². The fraction of sp³-hybridized carbons (Fsp3) is 0.0625. The molecule has 0 aromatic heterocycles. The third kappa shape index (κ3) is 5.62. The van der Waals surface area contributed by atoms with Crippen molar-refractivity contribution in [1.29, 1.82) is 0 Å². The summed E-state index contributed by atoms with van der Waals surface area (Å²) >= 11 is 0. The monoisotopic (exact) mass is 300 g/mol. The largest absolute Gasteiger partial charge is 0.251 e. The van der Waals surface area contributed by atoms with Gasteiger partial charge in [-0.15, -0.1) is 0 Å². The maximum atomic E-state index is 11.8. The van der Waals surface area contributed by atoms with E-state index in [9.17, 15) is 8.42 Å². The summed E-state index contributed by atoms with van der Waals surface area (Å²) in [5.74, 6) is -0.0897. The molecule has 0 fully saturated rings. The minimum absolute atomic E-state index is 0.0897. The van der Waals surface area contributed by atoms with Crippen LogP contribution in [-0.2, 0) is 15.8 Å². The first-order valence-corrected chi connectivity index (χ1v) is 8.09. The van der Waals surface area contributed by atoms with Crippen LogP contribution in [-0.4, -0.2) is 14.6 Å². The summed E-state index contributed by atoms with van der Waals surface area (Å²) in [7, 11) is -3.46. The van der Waals surface area contributed by atoms with Gasteiger partial charge in [-0.05, 0) is 17.2 Å². The van der Waals surface area contributed by atoms with Gasteiger partial charge in [0.1, 0.15) is 0 Å². The molecule has 2 rings (SSSR count). The predicted octanol–water partition coefficient (Wildman–Crippen LogP) is 2.81. The molecule has 0 spiro atoms. The van der Waals surface area contributed by atoms with E-state index in [4.69, 9.17) is 0 Å². The molecule has 0 saturated carbocycles. The van der Waals surface area contributed by atoms with Gasteiger partial charge in [0.2, 0.25) is 0 Å². The van der Waals surface area contributed by atoms with Crippen LogP contribution in [0.1, 0.15) is 11.1 Å². The Kier molecular flexibility index (Phi) is 5.29. The Balaban J connectivity index is 1.87. The number of hydrogen-bond acceptors (Lipinski definition) is 3. The second-order valence-electron chi connectivity index (χ2n) is 4.38. The van der Waals surface area contributed by atoms with Crippen molar-refractivity contribution in [1.82, 2.24) is 4.83 Å². The van der Waals surface area contributed by atoms with Gasteiger partial charge in [0, 0.05) is 6.21 Å². The highest BCUT2D eigenvalue weighted by Gasteiger charge is 2.08. The zero-order chi connectivity index (χ0) is 15.0. The second kappa shape index (κ2) is 7.40. The molecule has 0 heterocycles. The van der Waals surface area contributed by atoms with Crippen molar-refractivity contribution in [2.45, 2.75) is 5.75 Å². The van der Waals surface area contributed by atoms with E-state index in [1.165, 1.54) is 6.21 Å². The number of nitrogens with zero attached hydrogens (tertiary/aromatic N) is 1. The van der Waals surface area contributed by atoms with Crippen LogP contribution in [0, 0.1) is 0 Å². The smallest absolute Gasteiger partial charge is 0.205 e. The van der Waals surface area contributed by atoms with Crippen LogP contribution in [0.2, 0.25) is 0 Å². The lowest BCUT2D eigenvalue weighted by atomic mass is 10.2. The van der Waals surface area contributed by atoms with Gasteiger partial charge in [0.05, 0.1) is 5.75 Å². The summed E-state index contributed by atoms with van der Waals surface area (Å²) in [6.07, 6.45) is 4.94. The normalized spacial score (nSPS) is 12.0. The molecule has 108 valence electrons. The highest BCUT2D eigenvalue weighted by Crippen LogP contribution is 2.03. The molecule has 5 heteroatoms. The zero-order valence-corrected chi connectivity index (χ0v) is 12.2. The molecule has 0 aliphatic carbocycles. The summed E-state index contributed by atoms with van der Waals surface area (Å²) < 4.78 is 23.6. The zero-order valence-electron chi connectivity index (χ0n) is 11.4. The van der Waals surface area contributed by atoms with Crippen LogP contribution in [0.25, 0.3) is 6.08 Å². The van der Waals surface area contributed by atoms with Gasteiger partial charge >= 0.3 is 0 Å². The molecule has 0 atom stereocenters. The van der Waals surface area contributed by atoms with E-state index in [2.05, 4.69) is 9.93 Å². The lowest BCUT2D eigenvalue weighted by Gasteiger charge is -2.02. The minimum Gasteiger partial charge on any atom is -0.205 e. The van der Waals surface area contributed by atoms with Crippen molar-refractivity contribution < 1.29 is 8.42 Å². The molecule has 0 amide bonds. The summed E-state index contributed by atoms with van der Waals surface area (Å²) in [4.78, 5) is 2.18. The summed E-state index contributed by atoms with van der Waals surface area (Å²) in [5.41, 5.74) is 1.75. The highest BCUT2D eigenvalue weighted by atomic mass is 32.2. The molecule has 2 aromatic rings. The number of sulfonamides is 1. The number of hydrazone groups is 1. The third-order valence-electron chi connectivity index (χ3n) is 2.64. The van der Waals surface area contributed by atoms with Gasteiger partial charge in [-0.2, -0.15) is 5.10 Å². The average Bonchev–Trinajstić information content (AvgIpc) is 2.48. The quantitative estimate of drug-likeness (QED) is 0.659. The molecule has 0 aliphatic rings. The lowest BCUT2D eigenvalue weighted by molar-refractivity contribution is 0.584. The fourth-order valence-electron chi connectivity index (χ4n) is 1.70. The molecule has 1 N–H and O–H groups in total. The molecule has 2 aromatic carbocycles. The van der Waals surface area contributed by atoms with Crippen LogP contribution in [0.4, 0.5) is 0 Å². The Morgan fingerprint density at radius 1 is 0.952 bits per heavy atom. The van der Waals surface area contributed by atoms with Crippen LogP contribution < -0.4 is 4.83 Å². The summed E-state index contributed by atoms with van der Waals surface area (Å²) in [6.45, 7) is 0. The van der Waals surface area contributed by atoms with Crippen molar-refractivity contribution in [3.63, 3.8) is 0 Å². The molecule has 0 aliphatic heterocycles. The minimum atomic E-state index is -3.46. The van der Waals surface area contributed by atoms with Crippen molar-refractivity contribution in [2.24, 2.45) is 5.10 Å². The topological polar surface area (TPSA) is 58.5 Å². The van der Waals surface area contributed by atoms with E-state index < -0.39 is 10.0 Å². The number of nitrogens with one attached hydrogen (secondary N) is 1. The number of rotatable bonds is 6. The summed E-state index contributed by atoms with van der Waals surface area (Å²) in [6, 6.07) is 18.7. The first-order chi connectivity index (χ1) is 10.2. The molecule has 4 nitrogen and oxygen atoms in total. The van der Waals surface area contributed by atoms with Gasteiger partial charge in [-0.25, -0.2) is 13.2 Å². The number of benzene rings is 2. The van der Waals surface area contributed by atoms with Crippen LogP contribution in [0.3, 0.4) is 0 Å². The Morgan fingerprint density at radius 2 is 1.57 bits per heavy atom. The van der Waals surface area contributed by atoms with E-state index in [1.807, 2.05) is 42.5 Å². The van der Waals surface area contributed by atoms with Crippen molar-refractivity contribution in [3.05, 3.63) is 77.9 Å². The molecule has 0 unspecified atom stereocenters. The van der Waals surface area contributed by atoms with Gasteiger partial charge < -0.3 is 0 Å². The molecule has 0 saturated heterocycles. The predicted molar refractivity (Wildman–Crippen MR) is 86.2 cm³/mol. The Labute approximate surface area is 124 Å². The van der Waals surface area contributed by atoms with Crippen LogP contribution >= 0.6 is 0 Å². The molecular formula is C16H16N2O2S. The van der Waals surface area contributed by atoms with Gasteiger partial charge in [-0.3, -0.25) is 0 Å². The van der Waals surface area contributed by atoms with E-state index in [0.717, 1.165) is 11.1 Å². The fourth-order valence-corrected chi connectivity index (χ4v) is 2.62. The molecule has 0 radical (unpaired) electrons. The SMILES string of the molecule is O=S(=O)(Cc1ccccc1)NN=CC=Cc1ccccc1. The summed E-state index contributed by atoms with van der Waals surface area (Å²) in [5, 5.41) is 3.70. The maximum Gasteiger partial charge on any atom is 0.251 e. The van der Waals surface area contributed by atoms with Gasteiger partial charge in [0.25, 0.3) is 10.0 Å². The first kappa shape index (κ1) is 15.0. The average molecular weight is 300 g/mol. The number of hydrogen-bond donors (Lipinski definition) is 1. The molecule has 21 heavy (non-hydrogen) atoms. The Hall–Kier alpha value is -2.40. The van der Waals surface area contributed by atoms with Crippen LogP contribution in [0.15, 0.2) is 71.8 Å². The second-order valence-corrected chi connectivity index (χ2v) is 6.08. The molecule has 0 bridgehead atoms. The van der Waals surface area contributed by atoms with Crippen molar-refractivity contribution in [3.8, 4) is 0 Å². The Morgan fingerprint density at radius 3 is 2.24 bits per heavy atom. The highest BCUT2D eigenvalue weighted by molar-refractivity contribution is 7.88. The maximum absolute atomic E-state index is 11.8. The van der Waals surface area contributed by atoms with Crippen molar-refractivity contribution >= 4 is 22.3 Å². The van der Waals surface area contributed by atoms with E-state index in [0.29, 0.717) is 0 Å². The van der Waals surface area contributed by atoms with Crippen molar-refractivity contribution in [2.75, 3.05) is 0 Å². The lowest BCUT2D eigenvalue weighted by Crippen LogP contribution is -2.19.